The predicted octanol–water partition coefficient (Wildman–Crippen LogP) is 4.16. The number of sulfonamides is 1. The van der Waals surface area contributed by atoms with Crippen molar-refractivity contribution in [3.8, 4) is 5.75 Å². The summed E-state index contributed by atoms with van der Waals surface area (Å²) in [6, 6.07) is 22.1. The fourth-order valence-corrected chi connectivity index (χ4v) is 4.05. The number of nitrogens with zero attached hydrogens (tertiary/aromatic N) is 1. The molecule has 0 saturated carbocycles. The van der Waals surface area contributed by atoms with Crippen molar-refractivity contribution in [3.05, 3.63) is 90.0 Å². The van der Waals surface area contributed by atoms with E-state index in [1.165, 1.54) is 12.1 Å². The molecule has 0 saturated heterocycles. The monoisotopic (exact) mass is 424 g/mol. The van der Waals surface area contributed by atoms with Crippen molar-refractivity contribution in [2.45, 2.75) is 18.4 Å². The lowest BCUT2D eigenvalue weighted by Gasteiger charge is -2.19. The molecule has 0 aliphatic carbocycles. The lowest BCUT2D eigenvalue weighted by Crippen LogP contribution is -2.26. The van der Waals surface area contributed by atoms with Crippen LogP contribution in [0.15, 0.2) is 83.8 Å². The molecule has 0 aliphatic rings. The summed E-state index contributed by atoms with van der Waals surface area (Å²) in [5.74, 6) is 0.587. The van der Waals surface area contributed by atoms with Crippen LogP contribution < -0.4 is 9.46 Å². The quantitative estimate of drug-likeness (QED) is 0.589. The number of amides is 1. The second-order valence-corrected chi connectivity index (χ2v) is 8.38. The summed E-state index contributed by atoms with van der Waals surface area (Å²) in [6.45, 7) is 2.87. The van der Waals surface area contributed by atoms with Crippen molar-refractivity contribution in [2.75, 3.05) is 18.4 Å². The highest BCUT2D eigenvalue weighted by atomic mass is 32.2. The minimum Gasteiger partial charge on any atom is -0.494 e. The molecule has 3 aromatic carbocycles. The molecule has 0 bridgehead atoms. The third kappa shape index (κ3) is 5.18. The first-order valence-electron chi connectivity index (χ1n) is 9.55. The number of rotatable bonds is 8. The molecule has 3 rings (SSSR count). The van der Waals surface area contributed by atoms with E-state index in [1.807, 2.05) is 31.2 Å². The van der Waals surface area contributed by atoms with Gasteiger partial charge in [-0.1, -0.05) is 36.4 Å². The van der Waals surface area contributed by atoms with Crippen LogP contribution in [0.1, 0.15) is 22.8 Å². The lowest BCUT2D eigenvalue weighted by molar-refractivity contribution is 0.0784. The molecule has 0 radical (unpaired) electrons. The Morgan fingerprint density at radius 3 is 2.23 bits per heavy atom. The Morgan fingerprint density at radius 2 is 1.57 bits per heavy atom. The summed E-state index contributed by atoms with van der Waals surface area (Å²) in [4.78, 5) is 14.6. The van der Waals surface area contributed by atoms with Gasteiger partial charge in [-0.3, -0.25) is 9.52 Å². The van der Waals surface area contributed by atoms with E-state index in [9.17, 15) is 13.2 Å². The maximum Gasteiger partial charge on any atom is 0.261 e. The van der Waals surface area contributed by atoms with Gasteiger partial charge in [0.15, 0.2) is 0 Å². The molecule has 30 heavy (non-hydrogen) atoms. The first kappa shape index (κ1) is 21.4. The molecule has 0 atom stereocenters. The summed E-state index contributed by atoms with van der Waals surface area (Å²) in [6.07, 6.45) is 0. The van der Waals surface area contributed by atoms with Crippen molar-refractivity contribution in [1.29, 1.82) is 0 Å². The number of hydrogen-bond acceptors (Lipinski definition) is 4. The lowest BCUT2D eigenvalue weighted by atomic mass is 10.1. The topological polar surface area (TPSA) is 75.7 Å². The van der Waals surface area contributed by atoms with Gasteiger partial charge in [0.1, 0.15) is 5.75 Å². The van der Waals surface area contributed by atoms with Gasteiger partial charge in [-0.25, -0.2) is 8.42 Å². The smallest absolute Gasteiger partial charge is 0.261 e. The molecule has 0 spiro atoms. The molecule has 1 N–H and O–H groups in total. The van der Waals surface area contributed by atoms with Gasteiger partial charge >= 0.3 is 0 Å². The Balaban J connectivity index is 1.69. The minimum atomic E-state index is -3.67. The molecule has 0 fully saturated rings. The van der Waals surface area contributed by atoms with E-state index in [2.05, 4.69) is 4.72 Å². The van der Waals surface area contributed by atoms with E-state index in [0.717, 1.165) is 11.3 Å². The predicted molar refractivity (Wildman–Crippen MR) is 117 cm³/mol. The van der Waals surface area contributed by atoms with Gasteiger partial charge in [0.25, 0.3) is 15.9 Å². The van der Waals surface area contributed by atoms with Crippen LogP contribution in [0.5, 0.6) is 5.75 Å². The Morgan fingerprint density at radius 1 is 0.933 bits per heavy atom. The fraction of sp³-hybridized carbons (Fsp3) is 0.174. The molecule has 3 aromatic rings. The van der Waals surface area contributed by atoms with Crippen molar-refractivity contribution >= 4 is 21.6 Å². The number of anilines is 1. The largest absolute Gasteiger partial charge is 0.494 e. The molecule has 1 amide bonds. The molecule has 0 heterocycles. The van der Waals surface area contributed by atoms with Gasteiger partial charge in [0.05, 0.1) is 11.5 Å². The third-order valence-electron chi connectivity index (χ3n) is 4.46. The summed E-state index contributed by atoms with van der Waals surface area (Å²) in [7, 11) is -1.95. The minimum absolute atomic E-state index is 0.168. The standard InChI is InChI=1S/C23H24N2O4S/c1-3-29-22-12-8-7-9-19(22)17-25(2)23(26)18-13-15-20(16-14-18)24-30(27,28)21-10-5-4-6-11-21/h4-16,24H,3,17H2,1-2H3. The van der Waals surface area contributed by atoms with Gasteiger partial charge in [0, 0.05) is 30.4 Å². The summed E-state index contributed by atoms with van der Waals surface area (Å²) in [5.41, 5.74) is 1.77. The van der Waals surface area contributed by atoms with Crippen molar-refractivity contribution < 1.29 is 17.9 Å². The van der Waals surface area contributed by atoms with Crippen molar-refractivity contribution in [3.63, 3.8) is 0 Å². The van der Waals surface area contributed by atoms with E-state index in [-0.39, 0.29) is 10.8 Å². The van der Waals surface area contributed by atoms with Gasteiger partial charge in [-0.05, 0) is 49.4 Å². The van der Waals surface area contributed by atoms with Gasteiger partial charge in [-0.15, -0.1) is 0 Å². The molecular formula is C23H24N2O4S. The third-order valence-corrected chi connectivity index (χ3v) is 5.86. The first-order valence-corrected chi connectivity index (χ1v) is 11.0. The molecule has 7 heteroatoms. The van der Waals surface area contributed by atoms with Gasteiger partial charge in [-0.2, -0.15) is 0 Å². The first-order chi connectivity index (χ1) is 14.4. The highest BCUT2D eigenvalue weighted by Crippen LogP contribution is 2.21. The Labute approximate surface area is 177 Å². The number of ether oxygens (including phenoxy) is 1. The zero-order valence-electron chi connectivity index (χ0n) is 16.9. The molecular weight excluding hydrogens is 400 g/mol. The number of carbonyl (C=O) groups is 1. The number of hydrogen-bond donors (Lipinski definition) is 1. The van der Waals surface area contributed by atoms with E-state index in [1.54, 1.807) is 54.4 Å². The average Bonchev–Trinajstić information content (AvgIpc) is 2.75. The zero-order chi connectivity index (χ0) is 21.6. The van der Waals surface area contributed by atoms with Crippen LogP contribution in [0, 0.1) is 0 Å². The van der Waals surface area contributed by atoms with E-state index in [0.29, 0.717) is 24.4 Å². The number of carbonyl (C=O) groups excluding carboxylic acids is 1. The number of benzene rings is 3. The van der Waals surface area contributed by atoms with E-state index in [4.69, 9.17) is 4.74 Å². The average molecular weight is 425 g/mol. The molecule has 6 nitrogen and oxygen atoms in total. The van der Waals surface area contributed by atoms with E-state index >= 15 is 0 Å². The fourth-order valence-electron chi connectivity index (χ4n) is 2.97. The van der Waals surface area contributed by atoms with Crippen molar-refractivity contribution in [1.82, 2.24) is 4.90 Å². The maximum atomic E-state index is 12.8. The normalized spacial score (nSPS) is 11.0. The van der Waals surface area contributed by atoms with Crippen LogP contribution >= 0.6 is 0 Å². The Kier molecular flexibility index (Phi) is 6.74. The number of para-hydroxylation sites is 1. The highest BCUT2D eigenvalue weighted by molar-refractivity contribution is 7.92. The van der Waals surface area contributed by atoms with Crippen LogP contribution in [0.2, 0.25) is 0 Å². The second-order valence-electron chi connectivity index (χ2n) is 6.70. The summed E-state index contributed by atoms with van der Waals surface area (Å²) in [5, 5.41) is 0. The summed E-state index contributed by atoms with van der Waals surface area (Å²) < 4.78 is 33.0. The van der Waals surface area contributed by atoms with Crippen LogP contribution in [-0.4, -0.2) is 32.9 Å². The van der Waals surface area contributed by atoms with Crippen LogP contribution in [0.3, 0.4) is 0 Å². The Hall–Kier alpha value is -3.32. The Bertz CT molecular complexity index is 1100. The van der Waals surface area contributed by atoms with Crippen molar-refractivity contribution in [2.24, 2.45) is 0 Å². The van der Waals surface area contributed by atoms with Gasteiger partial charge in [0.2, 0.25) is 0 Å². The summed E-state index contributed by atoms with van der Waals surface area (Å²) >= 11 is 0. The SMILES string of the molecule is CCOc1ccccc1CN(C)C(=O)c1ccc(NS(=O)(=O)c2ccccc2)cc1. The highest BCUT2D eigenvalue weighted by Gasteiger charge is 2.16. The zero-order valence-corrected chi connectivity index (χ0v) is 17.7. The molecule has 156 valence electrons. The van der Waals surface area contributed by atoms with Crippen LogP contribution in [0.25, 0.3) is 0 Å². The molecule has 0 aromatic heterocycles. The number of nitrogens with one attached hydrogen (secondary N) is 1. The van der Waals surface area contributed by atoms with E-state index < -0.39 is 10.0 Å². The molecule has 0 aliphatic heterocycles. The maximum absolute atomic E-state index is 12.8. The van der Waals surface area contributed by atoms with Crippen LogP contribution in [-0.2, 0) is 16.6 Å². The molecule has 0 unspecified atom stereocenters. The van der Waals surface area contributed by atoms with Gasteiger partial charge < -0.3 is 9.64 Å². The van der Waals surface area contributed by atoms with Crippen LogP contribution in [0.4, 0.5) is 5.69 Å². The second kappa shape index (κ2) is 9.45.